The predicted molar refractivity (Wildman–Crippen MR) is 86.7 cm³/mol. The van der Waals surface area contributed by atoms with E-state index in [0.717, 1.165) is 19.4 Å². The Kier molecular flexibility index (Phi) is 5.94. The average Bonchev–Trinajstić information content (AvgIpc) is 3.08. The Balaban J connectivity index is 1.62. The largest absolute Gasteiger partial charge is 0.375 e. The van der Waals surface area contributed by atoms with E-state index in [1.807, 2.05) is 25.1 Å². The van der Waals surface area contributed by atoms with Crippen LogP contribution in [0.4, 0.5) is 5.69 Å². The highest BCUT2D eigenvalue weighted by Crippen LogP contribution is 2.11. The summed E-state index contributed by atoms with van der Waals surface area (Å²) in [5.74, 6) is -0.0260. The van der Waals surface area contributed by atoms with Gasteiger partial charge < -0.3 is 10.2 Å². The first-order valence-electron chi connectivity index (χ1n) is 7.56. The molecule has 6 heteroatoms. The second kappa shape index (κ2) is 8.17. The summed E-state index contributed by atoms with van der Waals surface area (Å²) in [6.45, 7) is 3.46. The number of carbonyl (C=O) groups is 1. The maximum Gasteiger partial charge on any atom is 0.244 e. The predicted octanol–water partition coefficient (Wildman–Crippen LogP) is 1.87. The first kappa shape index (κ1) is 16.0. The zero-order chi connectivity index (χ0) is 15.8. The number of amides is 1. The number of nitrogens with one attached hydrogen (secondary N) is 1. The Hall–Kier alpha value is -2.37. The molecule has 1 N–H and O–H groups in total. The van der Waals surface area contributed by atoms with Gasteiger partial charge in [-0.15, -0.1) is 0 Å². The number of rotatable bonds is 8. The van der Waals surface area contributed by atoms with Crippen molar-refractivity contribution in [1.82, 2.24) is 20.1 Å². The molecule has 0 radical (unpaired) electrons. The lowest BCUT2D eigenvalue weighted by Gasteiger charge is -2.19. The Morgan fingerprint density at radius 1 is 1.32 bits per heavy atom. The lowest BCUT2D eigenvalue weighted by Crippen LogP contribution is -2.32. The summed E-state index contributed by atoms with van der Waals surface area (Å²) in [5.41, 5.74) is 1.21. The van der Waals surface area contributed by atoms with Gasteiger partial charge in [-0.05, 0) is 31.9 Å². The number of unbranched alkanes of at least 4 members (excludes halogenated alkanes) is 1. The molecule has 0 aliphatic rings. The zero-order valence-electron chi connectivity index (χ0n) is 13.1. The minimum Gasteiger partial charge on any atom is -0.375 e. The molecule has 0 unspecified atom stereocenters. The standard InChI is InChI=1S/C16H23N5O/c1-14(21-13-17-12-19-21)16(22)18-10-6-7-11-20(2)15-8-4-3-5-9-15/h3-5,8-9,12-14H,6-7,10-11H2,1-2H3,(H,18,22)/t14-/m1/s1. The monoisotopic (exact) mass is 301 g/mol. The van der Waals surface area contributed by atoms with Gasteiger partial charge in [0, 0.05) is 25.8 Å². The van der Waals surface area contributed by atoms with Gasteiger partial charge in [-0.25, -0.2) is 9.67 Å². The van der Waals surface area contributed by atoms with Crippen molar-refractivity contribution in [2.24, 2.45) is 0 Å². The van der Waals surface area contributed by atoms with Gasteiger partial charge in [0.2, 0.25) is 5.91 Å². The van der Waals surface area contributed by atoms with E-state index in [9.17, 15) is 4.79 Å². The Labute approximate surface area is 131 Å². The van der Waals surface area contributed by atoms with Crippen LogP contribution in [-0.4, -0.2) is 40.8 Å². The SMILES string of the molecule is C[C@H](C(=O)NCCCCN(C)c1ccccc1)n1cncn1. The number of nitrogens with zero attached hydrogens (tertiary/aromatic N) is 4. The fourth-order valence-electron chi connectivity index (χ4n) is 2.18. The number of carbonyl (C=O) groups excluding carboxylic acids is 1. The number of aromatic nitrogens is 3. The molecule has 2 aromatic rings. The van der Waals surface area contributed by atoms with Crippen LogP contribution >= 0.6 is 0 Å². The minimum atomic E-state index is -0.325. The van der Waals surface area contributed by atoms with Gasteiger partial charge in [0.25, 0.3) is 0 Å². The molecule has 0 saturated heterocycles. The molecule has 1 atom stereocenters. The van der Waals surface area contributed by atoms with Crippen molar-refractivity contribution in [2.75, 3.05) is 25.0 Å². The van der Waals surface area contributed by atoms with Crippen LogP contribution < -0.4 is 10.2 Å². The van der Waals surface area contributed by atoms with Crippen LogP contribution in [0.5, 0.6) is 0 Å². The maximum atomic E-state index is 11.9. The smallest absolute Gasteiger partial charge is 0.244 e. The van der Waals surface area contributed by atoms with E-state index in [4.69, 9.17) is 0 Å². The van der Waals surface area contributed by atoms with Gasteiger partial charge in [-0.1, -0.05) is 18.2 Å². The Morgan fingerprint density at radius 2 is 2.09 bits per heavy atom. The number of hydrogen-bond donors (Lipinski definition) is 1. The van der Waals surface area contributed by atoms with Gasteiger partial charge in [-0.2, -0.15) is 5.10 Å². The lowest BCUT2D eigenvalue weighted by atomic mass is 10.2. The molecule has 1 heterocycles. The van der Waals surface area contributed by atoms with E-state index in [1.165, 1.54) is 12.0 Å². The Morgan fingerprint density at radius 3 is 2.77 bits per heavy atom. The average molecular weight is 301 g/mol. The van der Waals surface area contributed by atoms with Crippen molar-refractivity contribution in [3.63, 3.8) is 0 Å². The number of benzene rings is 1. The number of anilines is 1. The molecule has 22 heavy (non-hydrogen) atoms. The highest BCUT2D eigenvalue weighted by Gasteiger charge is 2.14. The second-order valence-electron chi connectivity index (χ2n) is 5.31. The van der Waals surface area contributed by atoms with Crippen molar-refractivity contribution >= 4 is 11.6 Å². The summed E-state index contributed by atoms with van der Waals surface area (Å²) in [5, 5.41) is 6.91. The topological polar surface area (TPSA) is 63.1 Å². The molecule has 6 nitrogen and oxygen atoms in total. The summed E-state index contributed by atoms with van der Waals surface area (Å²) in [4.78, 5) is 18.0. The third-order valence-electron chi connectivity index (χ3n) is 3.63. The number of hydrogen-bond acceptors (Lipinski definition) is 4. The lowest BCUT2D eigenvalue weighted by molar-refractivity contribution is -0.124. The molecule has 1 aromatic heterocycles. The van der Waals surface area contributed by atoms with Gasteiger partial charge in [0.1, 0.15) is 18.7 Å². The third-order valence-corrected chi connectivity index (χ3v) is 3.63. The minimum absolute atomic E-state index is 0.0260. The summed E-state index contributed by atoms with van der Waals surface area (Å²) < 4.78 is 1.55. The molecule has 0 fully saturated rings. The summed E-state index contributed by atoms with van der Waals surface area (Å²) in [6.07, 6.45) is 4.97. The summed E-state index contributed by atoms with van der Waals surface area (Å²) in [6, 6.07) is 9.97. The molecule has 2 rings (SSSR count). The van der Waals surface area contributed by atoms with Crippen LogP contribution in [0.3, 0.4) is 0 Å². The van der Waals surface area contributed by atoms with E-state index in [2.05, 4.69) is 39.5 Å². The van der Waals surface area contributed by atoms with E-state index >= 15 is 0 Å². The van der Waals surface area contributed by atoms with Crippen LogP contribution in [0.15, 0.2) is 43.0 Å². The molecule has 0 bridgehead atoms. The molecule has 1 amide bonds. The van der Waals surface area contributed by atoms with Gasteiger partial charge >= 0.3 is 0 Å². The normalized spacial score (nSPS) is 11.9. The molecule has 118 valence electrons. The molecular formula is C16H23N5O. The molecular weight excluding hydrogens is 278 g/mol. The van der Waals surface area contributed by atoms with Crippen molar-refractivity contribution in [2.45, 2.75) is 25.8 Å². The molecule has 0 spiro atoms. The van der Waals surface area contributed by atoms with Crippen LogP contribution in [0.2, 0.25) is 0 Å². The highest BCUT2D eigenvalue weighted by molar-refractivity contribution is 5.79. The first-order chi connectivity index (χ1) is 10.7. The van der Waals surface area contributed by atoms with Crippen molar-refractivity contribution in [1.29, 1.82) is 0 Å². The van der Waals surface area contributed by atoms with Crippen LogP contribution in [0.1, 0.15) is 25.8 Å². The highest BCUT2D eigenvalue weighted by atomic mass is 16.2. The fraction of sp³-hybridized carbons (Fsp3) is 0.438. The second-order valence-corrected chi connectivity index (χ2v) is 5.31. The third kappa shape index (κ3) is 4.58. The van der Waals surface area contributed by atoms with Crippen molar-refractivity contribution in [3.05, 3.63) is 43.0 Å². The van der Waals surface area contributed by atoms with Gasteiger partial charge in [0.15, 0.2) is 0 Å². The summed E-state index contributed by atoms with van der Waals surface area (Å²) in [7, 11) is 2.08. The zero-order valence-corrected chi connectivity index (χ0v) is 13.1. The molecule has 0 aliphatic heterocycles. The fourth-order valence-corrected chi connectivity index (χ4v) is 2.18. The Bertz CT molecular complexity index is 555. The van der Waals surface area contributed by atoms with Crippen LogP contribution in [0.25, 0.3) is 0 Å². The van der Waals surface area contributed by atoms with E-state index in [1.54, 1.807) is 11.0 Å². The van der Waals surface area contributed by atoms with E-state index in [-0.39, 0.29) is 11.9 Å². The molecule has 0 saturated carbocycles. The van der Waals surface area contributed by atoms with Gasteiger partial charge in [-0.3, -0.25) is 4.79 Å². The molecule has 1 aromatic carbocycles. The number of para-hydroxylation sites is 1. The van der Waals surface area contributed by atoms with E-state index in [0.29, 0.717) is 6.54 Å². The summed E-state index contributed by atoms with van der Waals surface area (Å²) >= 11 is 0. The van der Waals surface area contributed by atoms with Gasteiger partial charge in [0.05, 0.1) is 0 Å². The first-order valence-corrected chi connectivity index (χ1v) is 7.56. The quantitative estimate of drug-likeness (QED) is 0.756. The van der Waals surface area contributed by atoms with E-state index < -0.39 is 0 Å². The van der Waals surface area contributed by atoms with Crippen molar-refractivity contribution in [3.8, 4) is 0 Å². The van der Waals surface area contributed by atoms with Crippen LogP contribution in [0, 0.1) is 0 Å². The van der Waals surface area contributed by atoms with Crippen molar-refractivity contribution < 1.29 is 4.79 Å². The van der Waals surface area contributed by atoms with Crippen LogP contribution in [-0.2, 0) is 4.79 Å². The maximum absolute atomic E-state index is 11.9. The molecule has 0 aliphatic carbocycles.